The maximum atomic E-state index is 12.7. The number of methoxy groups -OCH3 is 1. The summed E-state index contributed by atoms with van der Waals surface area (Å²) in [6, 6.07) is 12.0. The first-order valence-corrected chi connectivity index (χ1v) is 12.7. The summed E-state index contributed by atoms with van der Waals surface area (Å²) in [5, 5.41) is 17.5. The Kier molecular flexibility index (Phi) is 8.24. The van der Waals surface area contributed by atoms with E-state index in [4.69, 9.17) is 27.9 Å². The van der Waals surface area contributed by atoms with E-state index in [0.717, 1.165) is 0 Å². The molecule has 0 saturated carbocycles. The second-order valence-electron chi connectivity index (χ2n) is 6.89. The third kappa shape index (κ3) is 6.12. The number of carbonyl (C=O) groups is 2. The highest BCUT2D eigenvalue weighted by molar-refractivity contribution is 7.99. The van der Waals surface area contributed by atoms with Crippen LogP contribution in [0.2, 0.25) is 10.0 Å². The average molecular weight is 549 g/mol. The summed E-state index contributed by atoms with van der Waals surface area (Å²) in [4.78, 5) is 29.1. The van der Waals surface area contributed by atoms with Crippen LogP contribution >= 0.6 is 46.3 Å². The lowest BCUT2D eigenvalue weighted by atomic mass is 10.2. The van der Waals surface area contributed by atoms with Crippen LogP contribution in [0.25, 0.3) is 5.69 Å². The van der Waals surface area contributed by atoms with Gasteiger partial charge in [0.05, 0.1) is 35.7 Å². The van der Waals surface area contributed by atoms with Gasteiger partial charge in [0.25, 0.3) is 5.91 Å². The predicted molar refractivity (Wildman–Crippen MR) is 137 cm³/mol. The zero-order valence-electron chi connectivity index (χ0n) is 18.2. The number of para-hydroxylation sites is 2. The molecule has 2 amide bonds. The fourth-order valence-corrected chi connectivity index (χ4v) is 4.87. The number of amides is 2. The molecule has 0 spiro atoms. The van der Waals surface area contributed by atoms with Gasteiger partial charge in [0.2, 0.25) is 5.91 Å². The Morgan fingerprint density at radius 1 is 1.17 bits per heavy atom. The molecule has 2 aromatic carbocycles. The lowest BCUT2D eigenvalue weighted by Crippen LogP contribution is -2.25. The molecule has 0 saturated heterocycles. The number of aromatic nitrogens is 4. The molecule has 0 aliphatic carbocycles. The minimum atomic E-state index is -0.390. The molecule has 4 rings (SSSR count). The molecule has 180 valence electrons. The van der Waals surface area contributed by atoms with Crippen molar-refractivity contribution in [1.29, 1.82) is 0 Å². The molecule has 2 aromatic heterocycles. The van der Waals surface area contributed by atoms with Gasteiger partial charge in [0, 0.05) is 16.6 Å². The fourth-order valence-electron chi connectivity index (χ4n) is 3.06. The molecular formula is C22H18Cl2N6O3S2. The number of ether oxygens (including phenoxy) is 1. The third-order valence-corrected chi connectivity index (χ3v) is 6.79. The molecular weight excluding hydrogens is 531 g/mol. The maximum Gasteiger partial charge on any atom is 0.253 e. The minimum absolute atomic E-state index is 0.0503. The molecule has 0 bridgehead atoms. The van der Waals surface area contributed by atoms with Gasteiger partial charge in [-0.3, -0.25) is 14.2 Å². The summed E-state index contributed by atoms with van der Waals surface area (Å²) >= 11 is 14.6. The zero-order chi connectivity index (χ0) is 24.8. The van der Waals surface area contributed by atoms with Crippen LogP contribution < -0.4 is 15.4 Å². The highest BCUT2D eigenvalue weighted by Crippen LogP contribution is 2.29. The van der Waals surface area contributed by atoms with Crippen LogP contribution in [0.5, 0.6) is 5.75 Å². The van der Waals surface area contributed by atoms with Crippen LogP contribution in [0.1, 0.15) is 16.2 Å². The van der Waals surface area contributed by atoms with Gasteiger partial charge in [0.1, 0.15) is 5.75 Å². The first kappa shape index (κ1) is 25.0. The Hall–Kier alpha value is -3.12. The molecule has 0 unspecified atom stereocenters. The number of nitrogens with one attached hydrogen (secondary N) is 2. The molecule has 4 aromatic rings. The monoisotopic (exact) mass is 548 g/mol. The van der Waals surface area contributed by atoms with Crippen molar-refractivity contribution in [1.82, 2.24) is 25.1 Å². The molecule has 35 heavy (non-hydrogen) atoms. The summed E-state index contributed by atoms with van der Waals surface area (Å²) < 4.78 is 7.25. The van der Waals surface area contributed by atoms with Gasteiger partial charge in [-0.05, 0) is 30.3 Å². The first-order chi connectivity index (χ1) is 17.0. The van der Waals surface area contributed by atoms with E-state index in [1.807, 2.05) is 18.2 Å². The number of hydrogen-bond donors (Lipinski definition) is 2. The second-order valence-corrected chi connectivity index (χ2v) is 9.57. The topological polar surface area (TPSA) is 111 Å². The van der Waals surface area contributed by atoms with Crippen molar-refractivity contribution in [3.8, 4) is 11.4 Å². The molecule has 2 heterocycles. The van der Waals surface area contributed by atoms with Crippen LogP contribution in [-0.2, 0) is 11.3 Å². The molecule has 0 aliphatic rings. The fraction of sp³-hybridized carbons (Fsp3) is 0.136. The van der Waals surface area contributed by atoms with Gasteiger partial charge in [-0.1, -0.05) is 47.1 Å². The number of halogens is 2. The van der Waals surface area contributed by atoms with Crippen LogP contribution in [0, 0.1) is 0 Å². The SMILES string of the molecule is COc1ccccc1-n1c(CNC(=O)c2ccc(Cl)cc2Cl)nnc1SCC(=O)Nc1nccs1. The maximum absolute atomic E-state index is 12.7. The van der Waals surface area contributed by atoms with Gasteiger partial charge < -0.3 is 15.4 Å². The number of thioether (sulfide) groups is 1. The molecule has 0 atom stereocenters. The Morgan fingerprint density at radius 3 is 2.74 bits per heavy atom. The number of anilines is 1. The lowest BCUT2D eigenvalue weighted by Gasteiger charge is -2.14. The lowest BCUT2D eigenvalue weighted by molar-refractivity contribution is -0.113. The average Bonchev–Trinajstić information content (AvgIpc) is 3.50. The van der Waals surface area contributed by atoms with E-state index < -0.39 is 5.91 Å². The zero-order valence-corrected chi connectivity index (χ0v) is 21.3. The van der Waals surface area contributed by atoms with Crippen LogP contribution in [0.15, 0.2) is 59.2 Å². The van der Waals surface area contributed by atoms with Crippen molar-refractivity contribution in [2.75, 3.05) is 18.2 Å². The number of nitrogens with zero attached hydrogens (tertiary/aromatic N) is 4. The van der Waals surface area contributed by atoms with Crippen LogP contribution in [-0.4, -0.2) is 44.4 Å². The van der Waals surface area contributed by atoms with Gasteiger partial charge >= 0.3 is 0 Å². The van der Waals surface area contributed by atoms with E-state index in [9.17, 15) is 9.59 Å². The summed E-state index contributed by atoms with van der Waals surface area (Å²) in [5.41, 5.74) is 0.949. The van der Waals surface area contributed by atoms with E-state index in [-0.39, 0.29) is 28.8 Å². The molecule has 0 aliphatic heterocycles. The third-order valence-electron chi connectivity index (χ3n) is 4.62. The van der Waals surface area contributed by atoms with Crippen molar-refractivity contribution in [2.45, 2.75) is 11.7 Å². The Morgan fingerprint density at radius 2 is 2.00 bits per heavy atom. The number of thiazole rings is 1. The van der Waals surface area contributed by atoms with Crippen molar-refractivity contribution in [2.24, 2.45) is 0 Å². The van der Waals surface area contributed by atoms with E-state index in [0.29, 0.717) is 32.6 Å². The minimum Gasteiger partial charge on any atom is -0.495 e. The van der Waals surface area contributed by atoms with E-state index in [1.165, 1.54) is 29.2 Å². The Balaban J connectivity index is 1.56. The molecule has 0 fully saturated rings. The molecule has 13 heteroatoms. The standard InChI is InChI=1S/C22H18Cl2N6O3S2/c1-33-17-5-3-2-4-16(17)30-18(11-26-20(32)14-7-6-13(23)10-15(14)24)28-29-22(30)35-12-19(31)27-21-25-8-9-34-21/h2-10H,11-12H2,1H3,(H,26,32)(H,25,27,31). The summed E-state index contributed by atoms with van der Waals surface area (Å²) in [7, 11) is 1.56. The van der Waals surface area contributed by atoms with E-state index in [1.54, 1.807) is 41.5 Å². The van der Waals surface area contributed by atoms with Crippen LogP contribution in [0.4, 0.5) is 5.13 Å². The first-order valence-electron chi connectivity index (χ1n) is 10.1. The molecule has 0 radical (unpaired) electrons. The second kappa shape index (κ2) is 11.5. The Bertz CT molecular complexity index is 1350. The quantitative estimate of drug-likeness (QED) is 0.291. The summed E-state index contributed by atoms with van der Waals surface area (Å²) in [6.45, 7) is 0.0503. The summed E-state index contributed by atoms with van der Waals surface area (Å²) in [5.74, 6) is 0.482. The largest absolute Gasteiger partial charge is 0.495 e. The smallest absolute Gasteiger partial charge is 0.253 e. The van der Waals surface area contributed by atoms with Crippen molar-refractivity contribution < 1.29 is 14.3 Å². The number of hydrogen-bond acceptors (Lipinski definition) is 8. The van der Waals surface area contributed by atoms with E-state index in [2.05, 4.69) is 25.8 Å². The van der Waals surface area contributed by atoms with Crippen molar-refractivity contribution in [3.05, 3.63) is 75.5 Å². The van der Waals surface area contributed by atoms with Gasteiger partial charge in [-0.2, -0.15) is 0 Å². The number of carbonyl (C=O) groups excluding carboxylic acids is 2. The van der Waals surface area contributed by atoms with E-state index >= 15 is 0 Å². The summed E-state index contributed by atoms with van der Waals surface area (Å²) in [6.07, 6.45) is 1.61. The van der Waals surface area contributed by atoms with Crippen molar-refractivity contribution >= 4 is 63.2 Å². The highest BCUT2D eigenvalue weighted by atomic mass is 35.5. The van der Waals surface area contributed by atoms with Crippen LogP contribution in [0.3, 0.4) is 0 Å². The van der Waals surface area contributed by atoms with Gasteiger partial charge in [-0.25, -0.2) is 4.98 Å². The normalized spacial score (nSPS) is 10.7. The van der Waals surface area contributed by atoms with Crippen molar-refractivity contribution in [3.63, 3.8) is 0 Å². The van der Waals surface area contributed by atoms with Gasteiger partial charge in [-0.15, -0.1) is 21.5 Å². The van der Waals surface area contributed by atoms with Gasteiger partial charge in [0.15, 0.2) is 16.1 Å². The Labute approximate surface area is 218 Å². The predicted octanol–water partition coefficient (Wildman–Crippen LogP) is 4.70. The number of benzene rings is 2. The molecule has 2 N–H and O–H groups in total. The highest BCUT2D eigenvalue weighted by Gasteiger charge is 2.20. The number of rotatable bonds is 9. The molecule has 9 nitrogen and oxygen atoms in total.